The van der Waals surface area contributed by atoms with E-state index < -0.39 is 17.5 Å². The maximum absolute atomic E-state index is 12.8. The maximum Gasteiger partial charge on any atom is 0.407 e. The molecule has 2 amide bonds. The van der Waals surface area contributed by atoms with Gasteiger partial charge in [0, 0.05) is 31.5 Å². The number of hydrogen-bond donors (Lipinski definition) is 2. The lowest BCUT2D eigenvalue weighted by atomic mass is 9.82. The van der Waals surface area contributed by atoms with Crippen LogP contribution in [0, 0.1) is 5.41 Å². The number of fused-ring (bicyclic) bond motifs is 3. The monoisotopic (exact) mass is 464 g/mol. The molecule has 0 bridgehead atoms. The second-order valence-corrected chi connectivity index (χ2v) is 9.56. The molecule has 2 aliphatic rings. The highest BCUT2D eigenvalue weighted by molar-refractivity contribution is 5.81. The lowest BCUT2D eigenvalue weighted by Gasteiger charge is -2.38. The van der Waals surface area contributed by atoms with Crippen LogP contribution in [0.25, 0.3) is 11.1 Å². The second-order valence-electron chi connectivity index (χ2n) is 9.56. The smallest absolute Gasteiger partial charge is 0.407 e. The Morgan fingerprint density at radius 2 is 1.74 bits per heavy atom. The summed E-state index contributed by atoms with van der Waals surface area (Å²) < 4.78 is 5.61. The fraction of sp³-hybridized carbons (Fsp3) is 0.444. The Morgan fingerprint density at radius 3 is 2.32 bits per heavy atom. The number of ether oxygens (including phenoxy) is 1. The molecule has 2 aromatic carbocycles. The van der Waals surface area contributed by atoms with E-state index in [2.05, 4.69) is 29.6 Å². The van der Waals surface area contributed by atoms with Gasteiger partial charge < -0.3 is 20.1 Å². The first-order valence-electron chi connectivity index (χ1n) is 11.9. The van der Waals surface area contributed by atoms with Gasteiger partial charge in [0.25, 0.3) is 0 Å². The number of nitrogens with one attached hydrogen (secondary N) is 1. The minimum atomic E-state index is -0.921. The van der Waals surface area contributed by atoms with Gasteiger partial charge in [0.1, 0.15) is 6.61 Å². The van der Waals surface area contributed by atoms with Crippen molar-refractivity contribution in [3.8, 4) is 11.1 Å². The van der Waals surface area contributed by atoms with Crippen molar-refractivity contribution in [2.45, 2.75) is 51.5 Å². The number of benzene rings is 2. The Balaban J connectivity index is 1.34. The summed E-state index contributed by atoms with van der Waals surface area (Å²) in [6.07, 6.45) is 1.36. The van der Waals surface area contributed by atoms with E-state index in [1.807, 2.05) is 31.2 Å². The van der Waals surface area contributed by atoms with E-state index in [0.717, 1.165) is 11.1 Å². The van der Waals surface area contributed by atoms with Gasteiger partial charge in [-0.3, -0.25) is 9.59 Å². The van der Waals surface area contributed by atoms with Gasteiger partial charge in [-0.15, -0.1) is 0 Å². The molecule has 1 fully saturated rings. The average molecular weight is 465 g/mol. The summed E-state index contributed by atoms with van der Waals surface area (Å²) >= 11 is 0. The first-order chi connectivity index (χ1) is 16.3. The van der Waals surface area contributed by atoms with Gasteiger partial charge in [-0.25, -0.2) is 4.79 Å². The first kappa shape index (κ1) is 23.8. The molecule has 1 aliphatic carbocycles. The molecule has 1 saturated heterocycles. The average Bonchev–Trinajstić information content (AvgIpc) is 3.16. The lowest BCUT2D eigenvalue weighted by Crippen LogP contribution is -2.50. The molecule has 0 aromatic heterocycles. The van der Waals surface area contributed by atoms with Crippen molar-refractivity contribution in [2.24, 2.45) is 5.41 Å². The van der Waals surface area contributed by atoms with Crippen LogP contribution >= 0.6 is 0 Å². The Labute approximate surface area is 200 Å². The van der Waals surface area contributed by atoms with E-state index in [-0.39, 0.29) is 37.4 Å². The number of carbonyl (C=O) groups excluding carboxylic acids is 2. The number of rotatable bonds is 7. The molecule has 2 aromatic rings. The van der Waals surface area contributed by atoms with Crippen molar-refractivity contribution >= 4 is 18.0 Å². The highest BCUT2D eigenvalue weighted by Gasteiger charge is 2.39. The number of amides is 2. The minimum Gasteiger partial charge on any atom is -0.481 e. The van der Waals surface area contributed by atoms with Crippen LogP contribution in [0.1, 0.15) is 56.6 Å². The Kier molecular flexibility index (Phi) is 6.91. The number of nitrogens with zero attached hydrogens (tertiary/aromatic N) is 1. The number of aliphatic carboxylic acids is 1. The number of piperidine rings is 1. The van der Waals surface area contributed by atoms with Crippen LogP contribution < -0.4 is 5.32 Å². The van der Waals surface area contributed by atoms with E-state index in [1.165, 1.54) is 11.1 Å². The van der Waals surface area contributed by atoms with Crippen LogP contribution in [0.3, 0.4) is 0 Å². The number of hydrogen-bond acceptors (Lipinski definition) is 4. The van der Waals surface area contributed by atoms with Gasteiger partial charge in [0.15, 0.2) is 0 Å². The summed E-state index contributed by atoms with van der Waals surface area (Å²) in [5, 5.41) is 12.3. The van der Waals surface area contributed by atoms with Gasteiger partial charge in [0.2, 0.25) is 5.91 Å². The fourth-order valence-corrected chi connectivity index (χ4v) is 5.07. The summed E-state index contributed by atoms with van der Waals surface area (Å²) in [7, 11) is 0. The van der Waals surface area contributed by atoms with Gasteiger partial charge >= 0.3 is 12.1 Å². The molecule has 0 radical (unpaired) electrons. The molecular weight excluding hydrogens is 432 g/mol. The van der Waals surface area contributed by atoms with Crippen molar-refractivity contribution in [1.82, 2.24) is 10.2 Å². The highest BCUT2D eigenvalue weighted by Crippen LogP contribution is 2.44. The summed E-state index contributed by atoms with van der Waals surface area (Å²) in [5.74, 6) is -1.05. The molecule has 2 atom stereocenters. The first-order valence-corrected chi connectivity index (χ1v) is 11.9. The van der Waals surface area contributed by atoms with Crippen molar-refractivity contribution in [1.29, 1.82) is 0 Å². The van der Waals surface area contributed by atoms with Crippen LogP contribution in [0.15, 0.2) is 48.5 Å². The zero-order valence-corrected chi connectivity index (χ0v) is 19.8. The molecule has 1 unspecified atom stereocenters. The molecule has 0 spiro atoms. The summed E-state index contributed by atoms with van der Waals surface area (Å²) in [6, 6.07) is 15.9. The van der Waals surface area contributed by atoms with E-state index in [4.69, 9.17) is 4.74 Å². The van der Waals surface area contributed by atoms with Crippen molar-refractivity contribution in [2.75, 3.05) is 19.7 Å². The minimum absolute atomic E-state index is 0.0260. The van der Waals surface area contributed by atoms with Crippen molar-refractivity contribution in [3.05, 3.63) is 59.7 Å². The molecule has 2 N–H and O–H groups in total. The molecule has 4 rings (SSSR count). The van der Waals surface area contributed by atoms with Crippen LogP contribution in [0.4, 0.5) is 4.79 Å². The standard InChI is InChI=1S/C27H32N2O5/c1-3-18(15-24(30)29-14-8-13-27(2,17-29)25(31)32)28-26(33)34-16-23-21-11-6-4-9-19(21)20-10-5-7-12-22(20)23/h4-7,9-12,18,23H,3,8,13-17H2,1-2H3,(H,28,33)(H,31,32)/t18-,27?/m0/s1. The number of likely N-dealkylation sites (tertiary alicyclic amines) is 1. The zero-order chi connectivity index (χ0) is 24.3. The van der Waals surface area contributed by atoms with Crippen LogP contribution in [0.2, 0.25) is 0 Å². The zero-order valence-electron chi connectivity index (χ0n) is 19.8. The molecular formula is C27H32N2O5. The number of alkyl carbamates (subject to hydrolysis) is 1. The van der Waals surface area contributed by atoms with Gasteiger partial charge in [-0.05, 0) is 48.4 Å². The number of carboxylic acids is 1. The van der Waals surface area contributed by atoms with Crippen molar-refractivity contribution in [3.63, 3.8) is 0 Å². The van der Waals surface area contributed by atoms with Crippen LogP contribution in [-0.2, 0) is 14.3 Å². The molecule has 1 aliphatic heterocycles. The van der Waals surface area contributed by atoms with Gasteiger partial charge in [-0.1, -0.05) is 55.5 Å². The molecule has 180 valence electrons. The SMILES string of the molecule is CC[C@@H](CC(=O)N1CCCC(C)(C(=O)O)C1)NC(=O)OCC1c2ccccc2-c2ccccc21. The normalized spacial score (nSPS) is 20.2. The number of carboxylic acid groups (broad SMARTS) is 1. The Hall–Kier alpha value is -3.35. The molecule has 0 saturated carbocycles. The lowest BCUT2D eigenvalue weighted by molar-refractivity contribution is -0.153. The predicted octanol–water partition coefficient (Wildman–Crippen LogP) is 4.41. The Morgan fingerprint density at radius 1 is 1.12 bits per heavy atom. The molecule has 1 heterocycles. The predicted molar refractivity (Wildman–Crippen MR) is 128 cm³/mol. The molecule has 34 heavy (non-hydrogen) atoms. The van der Waals surface area contributed by atoms with E-state index in [0.29, 0.717) is 25.8 Å². The third-order valence-electron chi connectivity index (χ3n) is 7.14. The van der Waals surface area contributed by atoms with E-state index in [1.54, 1.807) is 11.8 Å². The Bertz CT molecular complexity index is 1040. The molecule has 7 nitrogen and oxygen atoms in total. The fourth-order valence-electron chi connectivity index (χ4n) is 5.07. The quantitative estimate of drug-likeness (QED) is 0.633. The summed E-state index contributed by atoms with van der Waals surface area (Å²) in [5.41, 5.74) is 3.70. The largest absolute Gasteiger partial charge is 0.481 e. The summed E-state index contributed by atoms with van der Waals surface area (Å²) in [6.45, 7) is 4.54. The maximum atomic E-state index is 12.8. The molecule has 7 heteroatoms. The van der Waals surface area contributed by atoms with Crippen molar-refractivity contribution < 1.29 is 24.2 Å². The van der Waals surface area contributed by atoms with Gasteiger partial charge in [0.05, 0.1) is 5.41 Å². The van der Waals surface area contributed by atoms with E-state index in [9.17, 15) is 19.5 Å². The second kappa shape index (κ2) is 9.87. The third-order valence-corrected chi connectivity index (χ3v) is 7.14. The number of carbonyl (C=O) groups is 3. The third kappa shape index (κ3) is 4.79. The summed E-state index contributed by atoms with van der Waals surface area (Å²) in [4.78, 5) is 38.7. The van der Waals surface area contributed by atoms with E-state index >= 15 is 0 Å². The van der Waals surface area contributed by atoms with Gasteiger partial charge in [-0.2, -0.15) is 0 Å². The van der Waals surface area contributed by atoms with Crippen LogP contribution in [-0.4, -0.2) is 53.7 Å². The van der Waals surface area contributed by atoms with Crippen LogP contribution in [0.5, 0.6) is 0 Å². The topological polar surface area (TPSA) is 95.9 Å². The highest BCUT2D eigenvalue weighted by atomic mass is 16.5.